The second-order valence-electron chi connectivity index (χ2n) is 15.5. The molecule has 5 aliphatic rings. The van der Waals surface area contributed by atoms with Crippen LogP contribution in [0.4, 0.5) is 0 Å². The number of hydrogen-bond acceptors (Lipinski definition) is 3. The van der Waals surface area contributed by atoms with E-state index in [2.05, 4.69) is 54.5 Å². The van der Waals surface area contributed by atoms with Gasteiger partial charge in [-0.15, -0.1) is 0 Å². The molecule has 0 heterocycles. The van der Waals surface area contributed by atoms with E-state index in [-0.39, 0.29) is 50.4 Å². The molecule has 5 aliphatic carbocycles. The van der Waals surface area contributed by atoms with Crippen molar-refractivity contribution in [1.82, 2.24) is 0 Å². The van der Waals surface area contributed by atoms with Crippen molar-refractivity contribution in [3.8, 4) is 0 Å². The highest BCUT2D eigenvalue weighted by molar-refractivity contribution is 5.96. The van der Waals surface area contributed by atoms with Crippen LogP contribution in [0.3, 0.4) is 0 Å². The standard InChI is InChI=1S/C32H50O3/c1-9-24(34)32-16-14-27(2,3)19-21(32)20-18-22(33)26-29(6)12-11-25(35)28(4,5)23(29)10-13-31(26,8)30(20,7)15-17-32/h18,21,23,25-26,35H,9-17,19H2,1-8H3/t21-,23-,25-,26+,29-,30+,31+,32-/m0/s1. The Morgan fingerprint density at radius 2 is 1.60 bits per heavy atom. The lowest BCUT2D eigenvalue weighted by molar-refractivity contribution is -0.202. The van der Waals surface area contributed by atoms with Crippen LogP contribution in [-0.4, -0.2) is 22.8 Å². The smallest absolute Gasteiger partial charge is 0.159 e. The maximum Gasteiger partial charge on any atom is 0.159 e. The van der Waals surface area contributed by atoms with Crippen molar-refractivity contribution in [2.75, 3.05) is 0 Å². The number of ketones is 2. The molecule has 196 valence electrons. The number of aliphatic hydroxyl groups is 1. The van der Waals surface area contributed by atoms with Crippen molar-refractivity contribution in [1.29, 1.82) is 0 Å². The van der Waals surface area contributed by atoms with Crippen LogP contribution in [0.25, 0.3) is 0 Å². The van der Waals surface area contributed by atoms with Crippen LogP contribution in [0.1, 0.15) is 120 Å². The van der Waals surface area contributed by atoms with Gasteiger partial charge in [0.25, 0.3) is 0 Å². The van der Waals surface area contributed by atoms with E-state index in [9.17, 15) is 14.7 Å². The number of allylic oxidation sites excluding steroid dienone is 2. The van der Waals surface area contributed by atoms with Crippen LogP contribution in [0.15, 0.2) is 11.6 Å². The lowest BCUT2D eigenvalue weighted by Gasteiger charge is -2.70. The van der Waals surface area contributed by atoms with Crippen molar-refractivity contribution in [2.45, 2.75) is 126 Å². The molecule has 0 aromatic rings. The Labute approximate surface area is 213 Å². The third kappa shape index (κ3) is 3.12. The number of rotatable bonds is 2. The van der Waals surface area contributed by atoms with Gasteiger partial charge in [-0.25, -0.2) is 0 Å². The van der Waals surface area contributed by atoms with Crippen molar-refractivity contribution < 1.29 is 14.7 Å². The van der Waals surface area contributed by atoms with E-state index >= 15 is 0 Å². The fourth-order valence-electron chi connectivity index (χ4n) is 10.9. The molecule has 1 N–H and O–H groups in total. The summed E-state index contributed by atoms with van der Waals surface area (Å²) in [6.07, 6.45) is 11.3. The molecule has 35 heavy (non-hydrogen) atoms. The highest BCUT2D eigenvalue weighted by Gasteiger charge is 2.70. The number of carbonyl (C=O) groups excluding carboxylic acids is 2. The third-order valence-electron chi connectivity index (χ3n) is 13.2. The first kappa shape index (κ1) is 25.7. The van der Waals surface area contributed by atoms with Gasteiger partial charge < -0.3 is 5.11 Å². The molecule has 0 spiro atoms. The van der Waals surface area contributed by atoms with Gasteiger partial charge in [-0.2, -0.15) is 0 Å². The number of hydrogen-bond donors (Lipinski definition) is 1. The summed E-state index contributed by atoms with van der Waals surface area (Å²) in [6.45, 7) is 18.5. The molecule has 0 saturated heterocycles. The van der Waals surface area contributed by atoms with Gasteiger partial charge in [0.05, 0.1) is 6.10 Å². The molecule has 4 fully saturated rings. The Morgan fingerprint density at radius 1 is 0.943 bits per heavy atom. The first-order valence-electron chi connectivity index (χ1n) is 14.6. The van der Waals surface area contributed by atoms with E-state index < -0.39 is 0 Å². The number of carbonyl (C=O) groups is 2. The first-order valence-corrected chi connectivity index (χ1v) is 14.6. The second-order valence-corrected chi connectivity index (χ2v) is 15.5. The minimum Gasteiger partial charge on any atom is -0.393 e. The van der Waals surface area contributed by atoms with Crippen LogP contribution in [-0.2, 0) is 9.59 Å². The molecular formula is C32H50O3. The summed E-state index contributed by atoms with van der Waals surface area (Å²) in [4.78, 5) is 27.9. The minimum atomic E-state index is -0.287. The fraction of sp³-hybridized carbons (Fsp3) is 0.875. The molecule has 5 rings (SSSR count). The van der Waals surface area contributed by atoms with Gasteiger partial charge in [0.15, 0.2) is 5.78 Å². The van der Waals surface area contributed by atoms with E-state index in [4.69, 9.17) is 0 Å². The Kier molecular flexibility index (Phi) is 5.54. The molecule has 0 aromatic carbocycles. The second kappa shape index (κ2) is 7.55. The summed E-state index contributed by atoms with van der Waals surface area (Å²) in [5.41, 5.74) is 0.876. The highest BCUT2D eigenvalue weighted by atomic mass is 16.3. The normalized spacial score (nSPS) is 50.2. The van der Waals surface area contributed by atoms with E-state index in [1.165, 1.54) is 5.57 Å². The first-order chi connectivity index (χ1) is 16.1. The largest absolute Gasteiger partial charge is 0.393 e. The summed E-state index contributed by atoms with van der Waals surface area (Å²) >= 11 is 0. The predicted octanol–water partition coefficient (Wildman–Crippen LogP) is 7.31. The SMILES string of the molecule is CCC(=O)[C@]12CCC(C)(C)C[C@H]1C1=CC(=O)[C@@H]3[C@@]4(C)CC[C@H](O)C(C)(C)[C@@H]4CC[C@@]3(C)[C@]1(C)CC2. The quantitative estimate of drug-likeness (QED) is 0.449. The van der Waals surface area contributed by atoms with Gasteiger partial charge in [-0.05, 0) is 103 Å². The number of Topliss-reactive ketones (excluding diaryl/α,β-unsaturated/α-hetero) is 1. The van der Waals surface area contributed by atoms with Gasteiger partial charge in [-0.3, -0.25) is 9.59 Å². The van der Waals surface area contributed by atoms with Crippen LogP contribution >= 0.6 is 0 Å². The van der Waals surface area contributed by atoms with E-state index in [1.54, 1.807) is 0 Å². The average Bonchev–Trinajstić information content (AvgIpc) is 2.77. The summed E-state index contributed by atoms with van der Waals surface area (Å²) in [6, 6.07) is 0. The topological polar surface area (TPSA) is 54.4 Å². The monoisotopic (exact) mass is 482 g/mol. The zero-order chi connectivity index (χ0) is 25.8. The minimum absolute atomic E-state index is 0.000234. The molecule has 0 aromatic heterocycles. The fourth-order valence-corrected chi connectivity index (χ4v) is 10.9. The molecule has 0 amide bonds. The van der Waals surface area contributed by atoms with E-state index in [1.807, 2.05) is 6.92 Å². The summed E-state index contributed by atoms with van der Waals surface area (Å²) < 4.78 is 0. The van der Waals surface area contributed by atoms with Crippen LogP contribution < -0.4 is 0 Å². The van der Waals surface area contributed by atoms with E-state index in [0.717, 1.165) is 57.8 Å². The summed E-state index contributed by atoms with van der Waals surface area (Å²) in [5, 5.41) is 10.9. The lowest BCUT2D eigenvalue weighted by Crippen LogP contribution is -2.67. The van der Waals surface area contributed by atoms with Gasteiger partial charge in [0.2, 0.25) is 0 Å². The van der Waals surface area contributed by atoms with E-state index in [0.29, 0.717) is 23.9 Å². The maximum absolute atomic E-state index is 14.3. The Hall–Kier alpha value is -0.960. The van der Waals surface area contributed by atoms with Crippen molar-refractivity contribution in [2.24, 2.45) is 50.2 Å². The number of aliphatic hydroxyl groups excluding tert-OH is 1. The molecule has 8 atom stereocenters. The van der Waals surface area contributed by atoms with Gasteiger partial charge in [0, 0.05) is 17.8 Å². The zero-order valence-electron chi connectivity index (χ0n) is 23.7. The van der Waals surface area contributed by atoms with Crippen LogP contribution in [0.5, 0.6) is 0 Å². The van der Waals surface area contributed by atoms with Crippen LogP contribution in [0.2, 0.25) is 0 Å². The Bertz CT molecular complexity index is 973. The van der Waals surface area contributed by atoms with Crippen molar-refractivity contribution in [3.05, 3.63) is 11.6 Å². The summed E-state index contributed by atoms with van der Waals surface area (Å²) in [5.74, 6) is 1.31. The van der Waals surface area contributed by atoms with Crippen molar-refractivity contribution >= 4 is 11.6 Å². The van der Waals surface area contributed by atoms with Gasteiger partial charge in [0.1, 0.15) is 5.78 Å². The Balaban J connectivity index is 1.65. The van der Waals surface area contributed by atoms with Gasteiger partial charge >= 0.3 is 0 Å². The maximum atomic E-state index is 14.3. The lowest BCUT2D eigenvalue weighted by atomic mass is 9.33. The molecule has 3 heteroatoms. The molecule has 3 nitrogen and oxygen atoms in total. The van der Waals surface area contributed by atoms with Crippen molar-refractivity contribution in [3.63, 3.8) is 0 Å². The number of fused-ring (bicyclic) bond motifs is 7. The molecule has 0 unspecified atom stereocenters. The Morgan fingerprint density at radius 3 is 2.26 bits per heavy atom. The molecule has 0 bridgehead atoms. The van der Waals surface area contributed by atoms with Crippen LogP contribution in [0, 0.1) is 50.2 Å². The average molecular weight is 483 g/mol. The zero-order valence-corrected chi connectivity index (χ0v) is 23.7. The molecular weight excluding hydrogens is 432 g/mol. The predicted molar refractivity (Wildman–Crippen MR) is 141 cm³/mol. The highest BCUT2D eigenvalue weighted by Crippen LogP contribution is 2.75. The third-order valence-corrected chi connectivity index (χ3v) is 13.2. The molecule has 0 radical (unpaired) electrons. The molecule has 4 saturated carbocycles. The summed E-state index contributed by atoms with van der Waals surface area (Å²) in [7, 11) is 0. The van der Waals surface area contributed by atoms with Gasteiger partial charge in [-0.1, -0.05) is 61.0 Å². The molecule has 0 aliphatic heterocycles.